The molecule has 0 amide bonds. The minimum atomic E-state index is -0.781. The van der Waals surface area contributed by atoms with Gasteiger partial charge in [0.2, 0.25) is 0 Å². The van der Waals surface area contributed by atoms with E-state index in [1.54, 1.807) is 19.2 Å². The van der Waals surface area contributed by atoms with Gasteiger partial charge >= 0.3 is 0 Å². The first-order valence-electron chi connectivity index (χ1n) is 6.90. The van der Waals surface area contributed by atoms with Crippen LogP contribution in [0.4, 0.5) is 4.39 Å². The van der Waals surface area contributed by atoms with Crippen molar-refractivity contribution in [1.82, 2.24) is 4.98 Å². The van der Waals surface area contributed by atoms with Crippen LogP contribution in [0.5, 0.6) is 0 Å². The van der Waals surface area contributed by atoms with Gasteiger partial charge in [-0.1, -0.05) is 30.3 Å². The van der Waals surface area contributed by atoms with Gasteiger partial charge in [-0.2, -0.15) is 0 Å². The van der Waals surface area contributed by atoms with Gasteiger partial charge in [-0.25, -0.2) is 4.39 Å². The number of aromatic nitrogens is 1. The summed E-state index contributed by atoms with van der Waals surface area (Å²) in [7, 11) is 0. The molecule has 1 heterocycles. The van der Waals surface area contributed by atoms with E-state index in [9.17, 15) is 4.39 Å². The molecular weight excluding hydrogens is 263 g/mol. The lowest BCUT2D eigenvalue weighted by molar-refractivity contribution is 0.581. The monoisotopic (exact) mass is 280 g/mol. The van der Waals surface area contributed by atoms with Crippen LogP contribution in [0.2, 0.25) is 0 Å². The predicted octanol–water partition coefficient (Wildman–Crippen LogP) is 3.90. The molecule has 21 heavy (non-hydrogen) atoms. The first-order valence-corrected chi connectivity index (χ1v) is 6.90. The van der Waals surface area contributed by atoms with Gasteiger partial charge in [0, 0.05) is 11.6 Å². The van der Waals surface area contributed by atoms with E-state index < -0.39 is 5.54 Å². The molecule has 2 aromatic carbocycles. The number of hydrogen-bond acceptors (Lipinski definition) is 2. The summed E-state index contributed by atoms with van der Waals surface area (Å²) in [5, 5.41) is 0.992. The number of nitrogens with zero attached hydrogens (tertiary/aromatic N) is 1. The van der Waals surface area contributed by atoms with Crippen molar-refractivity contribution in [2.45, 2.75) is 19.4 Å². The molecule has 0 aliphatic heterocycles. The van der Waals surface area contributed by atoms with Crippen LogP contribution in [-0.2, 0) is 5.54 Å². The van der Waals surface area contributed by atoms with Gasteiger partial charge in [0.15, 0.2) is 0 Å². The topological polar surface area (TPSA) is 38.9 Å². The van der Waals surface area contributed by atoms with Crippen molar-refractivity contribution in [3.8, 4) is 0 Å². The highest BCUT2D eigenvalue weighted by atomic mass is 19.1. The Kier molecular flexibility index (Phi) is 3.22. The lowest BCUT2D eigenvalue weighted by Gasteiger charge is -2.27. The molecule has 0 saturated heterocycles. The van der Waals surface area contributed by atoms with E-state index >= 15 is 0 Å². The quantitative estimate of drug-likeness (QED) is 0.773. The third-order valence-corrected chi connectivity index (χ3v) is 3.98. The van der Waals surface area contributed by atoms with E-state index in [1.165, 1.54) is 6.07 Å². The van der Waals surface area contributed by atoms with Crippen LogP contribution in [0.25, 0.3) is 10.9 Å². The van der Waals surface area contributed by atoms with Crippen molar-refractivity contribution in [3.63, 3.8) is 0 Å². The second kappa shape index (κ2) is 4.93. The standard InChI is InChI=1S/C18H17FN2/c1-12-8-9-13(11-16(12)19)18(2,20)15-6-3-7-17-14(15)5-4-10-21-17/h3-11H,20H2,1-2H3. The molecule has 106 valence electrons. The summed E-state index contributed by atoms with van der Waals surface area (Å²) in [5.41, 5.74) is 8.97. The molecule has 1 unspecified atom stereocenters. The maximum atomic E-state index is 13.9. The van der Waals surface area contributed by atoms with Crippen LogP contribution in [0.1, 0.15) is 23.6 Å². The maximum Gasteiger partial charge on any atom is 0.126 e. The molecule has 0 aliphatic rings. The molecule has 3 rings (SSSR count). The number of halogens is 1. The minimum Gasteiger partial charge on any atom is -0.318 e. The summed E-state index contributed by atoms with van der Waals surface area (Å²) >= 11 is 0. The lowest BCUT2D eigenvalue weighted by Crippen LogP contribution is -2.34. The highest BCUT2D eigenvalue weighted by molar-refractivity contribution is 5.83. The van der Waals surface area contributed by atoms with Crippen molar-refractivity contribution < 1.29 is 4.39 Å². The zero-order valence-corrected chi connectivity index (χ0v) is 12.1. The van der Waals surface area contributed by atoms with Crippen LogP contribution in [-0.4, -0.2) is 4.98 Å². The molecule has 1 aromatic heterocycles. The summed E-state index contributed by atoms with van der Waals surface area (Å²) in [4.78, 5) is 4.35. The second-order valence-corrected chi connectivity index (χ2v) is 5.54. The Bertz CT molecular complexity index is 804. The Hall–Kier alpha value is -2.26. The van der Waals surface area contributed by atoms with Gasteiger partial charge < -0.3 is 5.73 Å². The average Bonchev–Trinajstić information content (AvgIpc) is 2.49. The Morgan fingerprint density at radius 3 is 2.67 bits per heavy atom. The highest BCUT2D eigenvalue weighted by Crippen LogP contribution is 2.32. The average molecular weight is 280 g/mol. The van der Waals surface area contributed by atoms with E-state index in [-0.39, 0.29) is 5.82 Å². The number of pyridine rings is 1. The number of rotatable bonds is 2. The van der Waals surface area contributed by atoms with E-state index in [2.05, 4.69) is 4.98 Å². The van der Waals surface area contributed by atoms with E-state index in [0.717, 1.165) is 22.0 Å². The number of benzene rings is 2. The normalized spacial score (nSPS) is 14.1. The van der Waals surface area contributed by atoms with Crippen molar-refractivity contribution in [2.75, 3.05) is 0 Å². The predicted molar refractivity (Wildman–Crippen MR) is 83.5 cm³/mol. The molecule has 2 N–H and O–H groups in total. The van der Waals surface area contributed by atoms with Crippen LogP contribution < -0.4 is 5.73 Å². The fraction of sp³-hybridized carbons (Fsp3) is 0.167. The van der Waals surface area contributed by atoms with E-state index in [4.69, 9.17) is 5.73 Å². The summed E-state index contributed by atoms with van der Waals surface area (Å²) in [6, 6.07) is 14.9. The van der Waals surface area contributed by atoms with Crippen LogP contribution >= 0.6 is 0 Å². The molecule has 0 saturated carbocycles. The maximum absolute atomic E-state index is 13.9. The molecule has 2 nitrogen and oxygen atoms in total. The summed E-state index contributed by atoms with van der Waals surface area (Å²) in [6.07, 6.45) is 1.76. The van der Waals surface area contributed by atoms with Crippen LogP contribution in [0.3, 0.4) is 0 Å². The van der Waals surface area contributed by atoms with Crippen LogP contribution in [0, 0.1) is 12.7 Å². The molecule has 0 bridgehead atoms. The number of nitrogens with two attached hydrogens (primary N) is 1. The number of fused-ring (bicyclic) bond motifs is 1. The minimum absolute atomic E-state index is 0.234. The SMILES string of the molecule is Cc1ccc(C(C)(N)c2cccc3ncccc23)cc1F. The van der Waals surface area contributed by atoms with Gasteiger partial charge in [0.05, 0.1) is 11.1 Å². The van der Waals surface area contributed by atoms with Gasteiger partial charge in [-0.05, 0) is 48.7 Å². The molecular formula is C18H17FN2. The fourth-order valence-corrected chi connectivity index (χ4v) is 2.63. The largest absolute Gasteiger partial charge is 0.318 e. The second-order valence-electron chi connectivity index (χ2n) is 5.54. The smallest absolute Gasteiger partial charge is 0.126 e. The molecule has 3 heteroatoms. The van der Waals surface area contributed by atoms with Gasteiger partial charge in [-0.15, -0.1) is 0 Å². The van der Waals surface area contributed by atoms with Crippen molar-refractivity contribution in [3.05, 3.63) is 77.2 Å². The summed E-state index contributed by atoms with van der Waals surface area (Å²) in [5.74, 6) is -0.234. The summed E-state index contributed by atoms with van der Waals surface area (Å²) < 4.78 is 13.9. The Labute approximate surface area is 123 Å². The third kappa shape index (κ3) is 2.30. The van der Waals surface area contributed by atoms with Crippen LogP contribution in [0.15, 0.2) is 54.7 Å². The Morgan fingerprint density at radius 2 is 1.90 bits per heavy atom. The van der Waals surface area contributed by atoms with E-state index in [1.807, 2.05) is 43.3 Å². The molecule has 0 radical (unpaired) electrons. The molecule has 1 atom stereocenters. The first kappa shape index (κ1) is 13.7. The third-order valence-electron chi connectivity index (χ3n) is 3.98. The number of aryl methyl sites for hydroxylation is 1. The van der Waals surface area contributed by atoms with Gasteiger partial charge in [0.1, 0.15) is 5.82 Å². The first-order chi connectivity index (χ1) is 10.00. The molecule has 0 fully saturated rings. The van der Waals surface area contributed by atoms with E-state index in [0.29, 0.717) is 5.56 Å². The molecule has 0 spiro atoms. The van der Waals surface area contributed by atoms with Crippen molar-refractivity contribution >= 4 is 10.9 Å². The molecule has 3 aromatic rings. The summed E-state index contributed by atoms with van der Waals surface area (Å²) in [6.45, 7) is 3.65. The van der Waals surface area contributed by atoms with Crippen molar-refractivity contribution in [1.29, 1.82) is 0 Å². The van der Waals surface area contributed by atoms with Gasteiger partial charge in [-0.3, -0.25) is 4.98 Å². The lowest BCUT2D eigenvalue weighted by atomic mass is 9.83. The highest BCUT2D eigenvalue weighted by Gasteiger charge is 2.26. The zero-order valence-electron chi connectivity index (χ0n) is 12.1. The zero-order chi connectivity index (χ0) is 15.0. The Balaban J connectivity index is 2.22. The fourth-order valence-electron chi connectivity index (χ4n) is 2.63. The van der Waals surface area contributed by atoms with Crippen molar-refractivity contribution in [2.24, 2.45) is 5.73 Å². The Morgan fingerprint density at radius 1 is 1.10 bits per heavy atom. The number of hydrogen-bond donors (Lipinski definition) is 1. The molecule has 0 aliphatic carbocycles. The van der Waals surface area contributed by atoms with Gasteiger partial charge in [0.25, 0.3) is 0 Å².